The Morgan fingerprint density at radius 1 is 0.977 bits per heavy atom. The van der Waals surface area contributed by atoms with Gasteiger partial charge in [0.25, 0.3) is 0 Å². The largest absolute Gasteiger partial charge is 0.387 e. The highest BCUT2D eigenvalue weighted by molar-refractivity contribution is 5.85. The summed E-state index contributed by atoms with van der Waals surface area (Å²) in [4.78, 5) is 15.9. The Kier molecular flexibility index (Phi) is 10.1. The van der Waals surface area contributed by atoms with E-state index in [9.17, 15) is 0 Å². The number of hydrogen-bond donors (Lipinski definition) is 2. The third-order valence-corrected chi connectivity index (χ3v) is 8.43. The van der Waals surface area contributed by atoms with Gasteiger partial charge in [-0.3, -0.25) is 4.98 Å². The molecule has 230 valence electrons. The summed E-state index contributed by atoms with van der Waals surface area (Å²) in [6.45, 7) is 20.5. The van der Waals surface area contributed by atoms with Crippen molar-refractivity contribution in [1.29, 1.82) is 0 Å². The zero-order valence-corrected chi connectivity index (χ0v) is 26.6. The predicted octanol–water partition coefficient (Wildman–Crippen LogP) is 4.88. The van der Waals surface area contributed by atoms with E-state index in [0.717, 1.165) is 109 Å². The second-order valence-corrected chi connectivity index (χ2v) is 11.2. The van der Waals surface area contributed by atoms with Gasteiger partial charge in [-0.25, -0.2) is 9.50 Å². The van der Waals surface area contributed by atoms with Crippen molar-refractivity contribution in [2.75, 3.05) is 76.7 Å². The molecule has 2 N–H and O–H groups in total. The molecule has 2 aliphatic heterocycles. The van der Waals surface area contributed by atoms with Gasteiger partial charge < -0.3 is 25.3 Å². The van der Waals surface area contributed by atoms with Crippen molar-refractivity contribution < 1.29 is 0 Å². The lowest BCUT2D eigenvalue weighted by atomic mass is 9.96. The van der Waals surface area contributed by atoms with Crippen molar-refractivity contribution in [3.8, 4) is 0 Å². The van der Waals surface area contributed by atoms with Gasteiger partial charge >= 0.3 is 0 Å². The van der Waals surface area contributed by atoms with E-state index in [-0.39, 0.29) is 0 Å². The Morgan fingerprint density at radius 3 is 2.45 bits per heavy atom. The van der Waals surface area contributed by atoms with Gasteiger partial charge in [0.05, 0.1) is 23.6 Å². The van der Waals surface area contributed by atoms with Crippen LogP contribution in [-0.2, 0) is 0 Å². The molecule has 9 nitrogen and oxygen atoms in total. The van der Waals surface area contributed by atoms with Crippen LogP contribution in [-0.4, -0.2) is 95.8 Å². The van der Waals surface area contributed by atoms with E-state index in [0.29, 0.717) is 0 Å². The number of hydrogen-bond acceptors (Lipinski definition) is 8. The highest BCUT2D eigenvalue weighted by Gasteiger charge is 2.19. The number of anilines is 2. The molecule has 4 aromatic rings. The third-order valence-electron chi connectivity index (χ3n) is 8.43. The minimum Gasteiger partial charge on any atom is -0.387 e. The number of piperazine rings is 2. The molecule has 9 heteroatoms. The van der Waals surface area contributed by atoms with Crippen molar-refractivity contribution >= 4 is 34.4 Å². The Labute approximate surface area is 261 Å². The quantitative estimate of drug-likeness (QED) is 0.315. The van der Waals surface area contributed by atoms with E-state index < -0.39 is 0 Å². The molecule has 0 bridgehead atoms. The van der Waals surface area contributed by atoms with E-state index >= 15 is 0 Å². The zero-order valence-electron chi connectivity index (χ0n) is 26.6. The summed E-state index contributed by atoms with van der Waals surface area (Å²) in [6.07, 6.45) is 11.7. The second-order valence-electron chi connectivity index (χ2n) is 11.2. The van der Waals surface area contributed by atoms with E-state index in [1.807, 2.05) is 48.5 Å². The maximum absolute atomic E-state index is 4.57. The van der Waals surface area contributed by atoms with Crippen molar-refractivity contribution in [2.24, 2.45) is 0 Å². The van der Waals surface area contributed by atoms with E-state index in [1.165, 1.54) is 0 Å². The molecule has 6 rings (SSSR count). The van der Waals surface area contributed by atoms with Crippen LogP contribution < -0.4 is 15.5 Å². The topological polar surface area (TPSA) is 76.9 Å². The lowest BCUT2D eigenvalue weighted by Gasteiger charge is -2.35. The fraction of sp³-hybridized carbons (Fsp3) is 0.343. The van der Waals surface area contributed by atoms with Gasteiger partial charge in [0.15, 0.2) is 0 Å². The van der Waals surface area contributed by atoms with E-state index in [4.69, 9.17) is 0 Å². The number of pyridine rings is 3. The Morgan fingerprint density at radius 2 is 1.75 bits per heavy atom. The SMILES string of the molecule is C=C(c1cnn2ccc(/C(=C/C)c3cc(NC)cnc3C)cc12)N1CCN(C)CC1.C=Cc1ccnc(N2CCNCC2)c1. The fourth-order valence-electron chi connectivity index (χ4n) is 5.67. The molecular weight excluding hydrogens is 546 g/mol. The minimum atomic E-state index is 0.994. The fourth-order valence-corrected chi connectivity index (χ4v) is 5.67. The van der Waals surface area contributed by atoms with Crippen LogP contribution >= 0.6 is 0 Å². The molecule has 2 fully saturated rings. The smallest absolute Gasteiger partial charge is 0.129 e. The normalized spacial score (nSPS) is 16.0. The molecule has 0 radical (unpaired) electrons. The van der Waals surface area contributed by atoms with Gasteiger partial charge in [0.2, 0.25) is 0 Å². The Balaban J connectivity index is 0.000000229. The molecule has 2 saturated heterocycles. The molecule has 2 aliphatic rings. The van der Waals surface area contributed by atoms with Crippen molar-refractivity contribution in [3.05, 3.63) is 102 Å². The van der Waals surface area contributed by atoms with Gasteiger partial charge in [0, 0.05) is 94.3 Å². The minimum absolute atomic E-state index is 0.994. The first-order valence-electron chi connectivity index (χ1n) is 15.4. The van der Waals surface area contributed by atoms with Crippen LogP contribution in [0, 0.1) is 6.92 Å². The number of rotatable bonds is 7. The first kappa shape index (κ1) is 31.0. The maximum atomic E-state index is 4.57. The maximum Gasteiger partial charge on any atom is 0.129 e. The number of likely N-dealkylation sites (N-methyl/N-ethyl adjacent to an activating group) is 1. The van der Waals surface area contributed by atoms with Crippen molar-refractivity contribution in [3.63, 3.8) is 0 Å². The van der Waals surface area contributed by atoms with E-state index in [1.54, 1.807) is 0 Å². The van der Waals surface area contributed by atoms with Gasteiger partial charge in [-0.1, -0.05) is 25.3 Å². The summed E-state index contributed by atoms with van der Waals surface area (Å²) in [5.74, 6) is 1.06. The van der Waals surface area contributed by atoms with Crippen LogP contribution in [0.15, 0.2) is 74.4 Å². The van der Waals surface area contributed by atoms with Crippen LogP contribution in [0.4, 0.5) is 11.5 Å². The van der Waals surface area contributed by atoms with E-state index in [2.05, 4.69) is 105 Å². The number of aryl methyl sites for hydroxylation is 1. The number of fused-ring (bicyclic) bond motifs is 1. The molecule has 0 unspecified atom stereocenters. The van der Waals surface area contributed by atoms with Crippen molar-refractivity contribution in [2.45, 2.75) is 13.8 Å². The number of nitrogens with one attached hydrogen (secondary N) is 2. The Hall–Kier alpha value is -4.47. The summed E-state index contributed by atoms with van der Waals surface area (Å²) in [5.41, 5.74) is 9.81. The number of nitrogens with zero attached hydrogens (tertiary/aromatic N) is 7. The molecule has 0 aliphatic carbocycles. The third kappa shape index (κ3) is 7.01. The number of allylic oxidation sites excluding steroid dienone is 1. The zero-order chi connectivity index (χ0) is 31.1. The molecule has 0 saturated carbocycles. The summed E-state index contributed by atoms with van der Waals surface area (Å²) >= 11 is 0. The van der Waals surface area contributed by atoms with Crippen LogP contribution in [0.25, 0.3) is 22.9 Å². The average molecular weight is 592 g/mol. The summed E-state index contributed by atoms with van der Waals surface area (Å²) in [7, 11) is 4.08. The molecular formula is C35H45N9. The number of aromatic nitrogens is 4. The van der Waals surface area contributed by atoms with Crippen LogP contribution in [0.2, 0.25) is 0 Å². The highest BCUT2D eigenvalue weighted by Crippen LogP contribution is 2.30. The lowest BCUT2D eigenvalue weighted by Crippen LogP contribution is -2.43. The van der Waals surface area contributed by atoms with Gasteiger partial charge in [0.1, 0.15) is 5.82 Å². The standard InChI is InChI=1S/C24H30N6.C11H15N3/c1-6-21(22-14-20(25-4)15-26-17(22)2)19-7-8-30-24(13-19)23(16-27-30)18(3)29-11-9-28(5)10-12-29;1-2-10-3-4-13-11(9-10)14-7-5-12-6-8-14/h6-8,13-16,25H,3,9-12H2,1-2,4-5H3;2-4,9,12H,1,5-8H2/b21-6-;. The highest BCUT2D eigenvalue weighted by atomic mass is 15.3. The Bertz CT molecular complexity index is 1620. The van der Waals surface area contributed by atoms with Crippen LogP contribution in [0.3, 0.4) is 0 Å². The lowest BCUT2D eigenvalue weighted by molar-refractivity contribution is 0.207. The molecule has 0 amide bonds. The predicted molar refractivity (Wildman–Crippen MR) is 184 cm³/mol. The summed E-state index contributed by atoms with van der Waals surface area (Å²) in [5, 5.41) is 11.1. The first-order valence-corrected chi connectivity index (χ1v) is 15.4. The second kappa shape index (κ2) is 14.3. The van der Waals surface area contributed by atoms with Gasteiger partial charge in [-0.2, -0.15) is 5.10 Å². The molecule has 0 spiro atoms. The monoisotopic (exact) mass is 591 g/mol. The molecule has 4 aromatic heterocycles. The molecule has 44 heavy (non-hydrogen) atoms. The molecule has 0 aromatic carbocycles. The van der Waals surface area contributed by atoms with Gasteiger partial charge in [-0.05, 0) is 67.9 Å². The molecule has 6 heterocycles. The first-order chi connectivity index (χ1) is 21.4. The van der Waals surface area contributed by atoms with Crippen LogP contribution in [0.5, 0.6) is 0 Å². The van der Waals surface area contributed by atoms with Crippen LogP contribution in [0.1, 0.15) is 34.9 Å². The summed E-state index contributed by atoms with van der Waals surface area (Å²) < 4.78 is 1.93. The molecule has 0 atom stereocenters. The van der Waals surface area contributed by atoms with Gasteiger partial charge in [-0.15, -0.1) is 0 Å². The van der Waals surface area contributed by atoms with Crippen molar-refractivity contribution in [1.82, 2.24) is 34.7 Å². The average Bonchev–Trinajstić information content (AvgIpc) is 3.50. The summed E-state index contributed by atoms with van der Waals surface area (Å²) in [6, 6.07) is 10.5.